The molecule has 0 aromatic carbocycles. The molecule has 7 heteroatoms. The van der Waals surface area contributed by atoms with E-state index in [0.29, 0.717) is 0 Å². The molecule has 0 bridgehead atoms. The number of nitrogens with zero attached hydrogens (tertiary/aromatic N) is 1. The normalized spacial score (nSPS) is 10.5. The van der Waals surface area contributed by atoms with Gasteiger partial charge in [0.2, 0.25) is 0 Å². The number of halogens is 3. The molecule has 1 heterocycles. The Bertz CT molecular complexity index is 398. The molecule has 0 unspecified atom stereocenters. The summed E-state index contributed by atoms with van der Waals surface area (Å²) in [5, 5.41) is 0. The molecule has 0 aliphatic heterocycles. The lowest BCUT2D eigenvalue weighted by Crippen LogP contribution is -2.11. The highest BCUT2D eigenvalue weighted by molar-refractivity contribution is 9.10. The molecule has 0 atom stereocenters. The number of anilines is 1. The van der Waals surface area contributed by atoms with Crippen molar-refractivity contribution in [1.82, 2.24) is 4.98 Å². The van der Waals surface area contributed by atoms with Crippen LogP contribution < -0.4 is 5.73 Å². The number of alkyl halides is 2. The van der Waals surface area contributed by atoms with Gasteiger partial charge in [-0.15, -0.1) is 0 Å². The van der Waals surface area contributed by atoms with Crippen LogP contribution in [0.1, 0.15) is 22.3 Å². The molecule has 1 aromatic rings. The van der Waals surface area contributed by atoms with Crippen LogP contribution in [0.15, 0.2) is 10.8 Å². The quantitative estimate of drug-likeness (QED) is 0.666. The van der Waals surface area contributed by atoms with Gasteiger partial charge in [-0.3, -0.25) is 0 Å². The zero-order valence-corrected chi connectivity index (χ0v) is 9.22. The second-order valence-electron chi connectivity index (χ2n) is 2.59. The fourth-order valence-electron chi connectivity index (χ4n) is 1.05. The molecule has 82 valence electrons. The lowest BCUT2D eigenvalue weighted by Gasteiger charge is -2.10. The van der Waals surface area contributed by atoms with Gasteiger partial charge < -0.3 is 10.5 Å². The van der Waals surface area contributed by atoms with Crippen LogP contribution in [-0.2, 0) is 4.74 Å². The summed E-state index contributed by atoms with van der Waals surface area (Å²) in [6, 6.07) is 0. The summed E-state index contributed by atoms with van der Waals surface area (Å²) >= 11 is 2.82. The van der Waals surface area contributed by atoms with E-state index in [1.807, 2.05) is 0 Å². The lowest BCUT2D eigenvalue weighted by atomic mass is 10.1. The molecule has 1 rings (SSSR count). The van der Waals surface area contributed by atoms with E-state index in [4.69, 9.17) is 5.73 Å². The number of carbonyl (C=O) groups excluding carboxylic acids is 1. The minimum atomic E-state index is -2.86. The molecule has 1 aromatic heterocycles. The number of esters is 1. The van der Waals surface area contributed by atoms with Gasteiger partial charge in [0, 0.05) is 0 Å². The van der Waals surface area contributed by atoms with E-state index in [2.05, 4.69) is 25.7 Å². The van der Waals surface area contributed by atoms with Crippen LogP contribution in [0.2, 0.25) is 0 Å². The number of ether oxygens (including phenoxy) is 1. The van der Waals surface area contributed by atoms with Crippen molar-refractivity contribution in [3.8, 4) is 0 Å². The maximum Gasteiger partial charge on any atom is 0.340 e. The number of rotatable bonds is 2. The van der Waals surface area contributed by atoms with Crippen molar-refractivity contribution in [2.75, 3.05) is 12.8 Å². The van der Waals surface area contributed by atoms with Crippen molar-refractivity contribution in [3.05, 3.63) is 21.9 Å². The summed E-state index contributed by atoms with van der Waals surface area (Å²) in [4.78, 5) is 14.8. The standard InChI is InChI=1S/C8H7BrF2N2O2/c1-15-8(14)4-3(12)2-13-6(9)5(4)7(10)11/h2,7H,12H2,1H3. The Morgan fingerprint density at radius 1 is 1.67 bits per heavy atom. The van der Waals surface area contributed by atoms with Crippen LogP contribution in [-0.4, -0.2) is 18.1 Å². The van der Waals surface area contributed by atoms with Crippen LogP contribution in [0.4, 0.5) is 14.5 Å². The molecule has 0 fully saturated rings. The van der Waals surface area contributed by atoms with E-state index >= 15 is 0 Å². The fraction of sp³-hybridized carbons (Fsp3) is 0.250. The zero-order chi connectivity index (χ0) is 11.6. The highest BCUT2D eigenvalue weighted by atomic mass is 79.9. The Morgan fingerprint density at radius 3 is 2.73 bits per heavy atom. The first kappa shape index (κ1) is 11.8. The molecule has 15 heavy (non-hydrogen) atoms. The molecule has 2 N–H and O–H groups in total. The van der Waals surface area contributed by atoms with Gasteiger partial charge in [-0.2, -0.15) is 0 Å². The predicted molar refractivity (Wildman–Crippen MR) is 52.6 cm³/mol. The van der Waals surface area contributed by atoms with Crippen molar-refractivity contribution >= 4 is 27.6 Å². The molecule has 0 radical (unpaired) electrons. The number of nitrogen functional groups attached to an aromatic ring is 1. The number of aromatic nitrogens is 1. The van der Waals surface area contributed by atoms with Crippen molar-refractivity contribution in [2.24, 2.45) is 0 Å². The third-order valence-electron chi connectivity index (χ3n) is 1.70. The fourth-order valence-corrected chi connectivity index (χ4v) is 1.52. The first-order valence-electron chi connectivity index (χ1n) is 3.79. The minimum Gasteiger partial charge on any atom is -0.465 e. The highest BCUT2D eigenvalue weighted by Gasteiger charge is 2.25. The smallest absolute Gasteiger partial charge is 0.340 e. The number of hydrogen-bond donors (Lipinski definition) is 1. The summed E-state index contributed by atoms with van der Waals surface area (Å²) in [6.45, 7) is 0. The maximum absolute atomic E-state index is 12.6. The van der Waals surface area contributed by atoms with E-state index in [1.54, 1.807) is 0 Å². The van der Waals surface area contributed by atoms with Gasteiger partial charge in [-0.05, 0) is 15.9 Å². The average molecular weight is 281 g/mol. The van der Waals surface area contributed by atoms with Gasteiger partial charge in [0.25, 0.3) is 6.43 Å². The third-order valence-corrected chi connectivity index (χ3v) is 2.34. The van der Waals surface area contributed by atoms with Crippen LogP contribution in [0.5, 0.6) is 0 Å². The van der Waals surface area contributed by atoms with Gasteiger partial charge in [0.15, 0.2) is 0 Å². The molecule has 0 saturated heterocycles. The van der Waals surface area contributed by atoms with E-state index in [-0.39, 0.29) is 15.9 Å². The first-order valence-corrected chi connectivity index (χ1v) is 4.58. The van der Waals surface area contributed by atoms with Gasteiger partial charge >= 0.3 is 5.97 Å². The van der Waals surface area contributed by atoms with Crippen molar-refractivity contribution in [2.45, 2.75) is 6.43 Å². The SMILES string of the molecule is COC(=O)c1c(N)cnc(Br)c1C(F)F. The van der Waals surface area contributed by atoms with Crippen LogP contribution >= 0.6 is 15.9 Å². The summed E-state index contributed by atoms with van der Waals surface area (Å²) in [5.41, 5.74) is 4.34. The van der Waals surface area contributed by atoms with Gasteiger partial charge in [-0.1, -0.05) is 0 Å². The number of methoxy groups -OCH3 is 1. The average Bonchev–Trinajstić information content (AvgIpc) is 2.19. The van der Waals surface area contributed by atoms with Crippen LogP contribution in [0.25, 0.3) is 0 Å². The molecule has 0 saturated carbocycles. The molecular formula is C8H7BrF2N2O2. The largest absolute Gasteiger partial charge is 0.465 e. The number of carbonyl (C=O) groups is 1. The summed E-state index contributed by atoms with van der Waals surface area (Å²) in [5.74, 6) is -0.911. The Labute approximate surface area is 92.6 Å². The molecular weight excluding hydrogens is 274 g/mol. The summed E-state index contributed by atoms with van der Waals surface area (Å²) in [7, 11) is 1.09. The number of nitrogens with two attached hydrogens (primary N) is 1. The highest BCUT2D eigenvalue weighted by Crippen LogP contribution is 2.32. The predicted octanol–water partition coefficient (Wildman–Crippen LogP) is 2.15. The number of hydrogen-bond acceptors (Lipinski definition) is 4. The van der Waals surface area contributed by atoms with E-state index in [1.165, 1.54) is 0 Å². The number of pyridine rings is 1. The molecule has 0 spiro atoms. The minimum absolute atomic E-state index is 0.118. The van der Waals surface area contributed by atoms with Crippen molar-refractivity contribution < 1.29 is 18.3 Å². The molecule has 0 aliphatic carbocycles. The topological polar surface area (TPSA) is 65.2 Å². The van der Waals surface area contributed by atoms with Crippen molar-refractivity contribution in [3.63, 3.8) is 0 Å². The Morgan fingerprint density at radius 2 is 2.27 bits per heavy atom. The second kappa shape index (κ2) is 4.52. The lowest BCUT2D eigenvalue weighted by molar-refractivity contribution is 0.0590. The molecule has 0 aliphatic rings. The second-order valence-corrected chi connectivity index (χ2v) is 3.34. The van der Waals surface area contributed by atoms with Gasteiger partial charge in [0.1, 0.15) is 4.60 Å². The summed E-state index contributed by atoms with van der Waals surface area (Å²) < 4.78 is 29.5. The van der Waals surface area contributed by atoms with Crippen LogP contribution in [0, 0.1) is 0 Å². The summed E-state index contributed by atoms with van der Waals surface area (Å²) in [6.07, 6.45) is -1.74. The van der Waals surface area contributed by atoms with E-state index in [0.717, 1.165) is 13.3 Å². The van der Waals surface area contributed by atoms with Gasteiger partial charge in [0.05, 0.1) is 30.1 Å². The first-order chi connectivity index (χ1) is 6.99. The Kier molecular flexibility index (Phi) is 3.57. The molecule has 4 nitrogen and oxygen atoms in total. The molecule has 0 amide bonds. The van der Waals surface area contributed by atoms with Crippen molar-refractivity contribution in [1.29, 1.82) is 0 Å². The Balaban J connectivity index is 3.45. The third kappa shape index (κ3) is 2.23. The van der Waals surface area contributed by atoms with E-state index in [9.17, 15) is 13.6 Å². The van der Waals surface area contributed by atoms with Crippen LogP contribution in [0.3, 0.4) is 0 Å². The van der Waals surface area contributed by atoms with E-state index < -0.39 is 18.0 Å². The maximum atomic E-state index is 12.6. The van der Waals surface area contributed by atoms with Gasteiger partial charge in [-0.25, -0.2) is 18.6 Å². The monoisotopic (exact) mass is 280 g/mol. The Hall–Kier alpha value is -1.24. The zero-order valence-electron chi connectivity index (χ0n) is 7.63.